The fourth-order valence-corrected chi connectivity index (χ4v) is 1.63. The number of aromatic nitrogens is 1. The highest BCUT2D eigenvalue weighted by Crippen LogP contribution is 2.12. The second kappa shape index (κ2) is 7.79. The lowest BCUT2D eigenvalue weighted by molar-refractivity contribution is 0.0955. The highest BCUT2D eigenvalue weighted by molar-refractivity contribution is 5.94. The van der Waals surface area contributed by atoms with E-state index in [0.29, 0.717) is 12.2 Å². The van der Waals surface area contributed by atoms with Crippen molar-refractivity contribution in [3.8, 4) is 5.75 Å². The summed E-state index contributed by atoms with van der Waals surface area (Å²) in [4.78, 5) is 15.6. The molecule has 0 fully saturated rings. The van der Waals surface area contributed by atoms with E-state index in [-0.39, 0.29) is 5.91 Å². The van der Waals surface area contributed by atoms with E-state index in [1.165, 1.54) is 6.20 Å². The Kier molecular flexibility index (Phi) is 5.46. The van der Waals surface area contributed by atoms with Crippen LogP contribution in [0, 0.1) is 0 Å². The molecule has 0 saturated carbocycles. The molecular formula is C16H17N3O2. The molecule has 1 heterocycles. The van der Waals surface area contributed by atoms with Crippen LogP contribution in [-0.4, -0.2) is 23.7 Å². The third-order valence-electron chi connectivity index (χ3n) is 2.63. The number of ether oxygens (including phenoxy) is 1. The van der Waals surface area contributed by atoms with Crippen LogP contribution in [0.2, 0.25) is 0 Å². The van der Waals surface area contributed by atoms with Crippen molar-refractivity contribution in [3.05, 3.63) is 59.9 Å². The third-order valence-corrected chi connectivity index (χ3v) is 2.63. The van der Waals surface area contributed by atoms with Crippen molar-refractivity contribution < 1.29 is 9.53 Å². The van der Waals surface area contributed by atoms with Gasteiger partial charge in [-0.25, -0.2) is 5.43 Å². The van der Waals surface area contributed by atoms with Crippen LogP contribution in [0.25, 0.3) is 0 Å². The fourth-order valence-electron chi connectivity index (χ4n) is 1.63. The topological polar surface area (TPSA) is 63.6 Å². The zero-order valence-corrected chi connectivity index (χ0v) is 11.8. The van der Waals surface area contributed by atoms with E-state index in [1.807, 2.05) is 24.3 Å². The number of amides is 1. The first-order valence-corrected chi connectivity index (χ1v) is 6.76. The van der Waals surface area contributed by atoms with E-state index in [1.54, 1.807) is 24.5 Å². The van der Waals surface area contributed by atoms with Gasteiger partial charge in [0.15, 0.2) is 0 Å². The molecular weight excluding hydrogens is 266 g/mol. The summed E-state index contributed by atoms with van der Waals surface area (Å²) < 4.78 is 5.54. The predicted octanol–water partition coefficient (Wildman–Crippen LogP) is 2.63. The molecule has 0 bridgehead atoms. The first-order chi connectivity index (χ1) is 10.3. The van der Waals surface area contributed by atoms with Gasteiger partial charge in [-0.3, -0.25) is 9.78 Å². The number of hydrogen-bond acceptors (Lipinski definition) is 4. The minimum absolute atomic E-state index is 0.294. The van der Waals surface area contributed by atoms with Crippen LogP contribution < -0.4 is 10.2 Å². The molecule has 108 valence electrons. The molecule has 21 heavy (non-hydrogen) atoms. The Labute approximate surface area is 123 Å². The molecule has 0 saturated heterocycles. The van der Waals surface area contributed by atoms with Crippen LogP contribution in [-0.2, 0) is 0 Å². The Balaban J connectivity index is 1.93. The van der Waals surface area contributed by atoms with E-state index in [9.17, 15) is 4.79 Å². The number of hydrazone groups is 1. The number of carbonyl (C=O) groups excluding carboxylic acids is 1. The quantitative estimate of drug-likeness (QED) is 0.654. The molecule has 2 aromatic rings. The number of nitrogens with one attached hydrogen (secondary N) is 1. The van der Waals surface area contributed by atoms with Gasteiger partial charge in [0.2, 0.25) is 0 Å². The average molecular weight is 283 g/mol. The SMILES string of the molecule is CCCOc1cccc(/C=N\NC(=O)c2cccnc2)c1. The second-order valence-electron chi connectivity index (χ2n) is 4.36. The molecule has 0 unspecified atom stereocenters. The lowest BCUT2D eigenvalue weighted by Crippen LogP contribution is -2.17. The van der Waals surface area contributed by atoms with E-state index in [0.717, 1.165) is 17.7 Å². The van der Waals surface area contributed by atoms with E-state index < -0.39 is 0 Å². The minimum Gasteiger partial charge on any atom is -0.494 e. The average Bonchev–Trinajstić information content (AvgIpc) is 2.54. The summed E-state index contributed by atoms with van der Waals surface area (Å²) in [6.07, 6.45) is 5.64. The largest absolute Gasteiger partial charge is 0.494 e. The maximum absolute atomic E-state index is 11.8. The molecule has 0 aliphatic rings. The molecule has 0 spiro atoms. The number of benzene rings is 1. The molecule has 1 aromatic carbocycles. The van der Waals surface area contributed by atoms with Gasteiger partial charge in [0.05, 0.1) is 18.4 Å². The summed E-state index contributed by atoms with van der Waals surface area (Å²) in [6, 6.07) is 10.9. The van der Waals surface area contributed by atoms with Crippen LogP contribution in [0.3, 0.4) is 0 Å². The molecule has 0 aliphatic heterocycles. The number of pyridine rings is 1. The lowest BCUT2D eigenvalue weighted by atomic mass is 10.2. The van der Waals surface area contributed by atoms with Gasteiger partial charge in [-0.05, 0) is 36.2 Å². The molecule has 0 aliphatic carbocycles. The van der Waals surface area contributed by atoms with Crippen LogP contribution in [0.4, 0.5) is 0 Å². The highest BCUT2D eigenvalue weighted by atomic mass is 16.5. The number of hydrogen-bond donors (Lipinski definition) is 1. The van der Waals surface area contributed by atoms with Crippen LogP contribution >= 0.6 is 0 Å². The lowest BCUT2D eigenvalue weighted by Gasteiger charge is -2.04. The summed E-state index contributed by atoms with van der Waals surface area (Å²) in [6.45, 7) is 2.73. The highest BCUT2D eigenvalue weighted by Gasteiger charge is 2.02. The van der Waals surface area contributed by atoms with Crippen LogP contribution in [0.5, 0.6) is 5.75 Å². The standard InChI is InChI=1S/C16H17N3O2/c1-2-9-21-15-7-3-5-13(10-15)11-18-19-16(20)14-6-4-8-17-12-14/h3-8,10-12H,2,9H2,1H3,(H,19,20)/b18-11-. The van der Waals surface area contributed by atoms with Crippen molar-refractivity contribution in [2.24, 2.45) is 5.10 Å². The smallest absolute Gasteiger partial charge is 0.272 e. The molecule has 2 rings (SSSR count). The molecule has 0 atom stereocenters. The zero-order valence-electron chi connectivity index (χ0n) is 11.8. The molecule has 1 amide bonds. The second-order valence-corrected chi connectivity index (χ2v) is 4.36. The normalized spacial score (nSPS) is 10.5. The predicted molar refractivity (Wildman–Crippen MR) is 81.5 cm³/mol. The van der Waals surface area contributed by atoms with E-state index >= 15 is 0 Å². The maximum Gasteiger partial charge on any atom is 0.272 e. The number of rotatable bonds is 6. The van der Waals surface area contributed by atoms with Crippen LogP contribution in [0.1, 0.15) is 29.3 Å². The van der Waals surface area contributed by atoms with Crippen molar-refractivity contribution in [1.29, 1.82) is 0 Å². The monoisotopic (exact) mass is 283 g/mol. The van der Waals surface area contributed by atoms with Crippen molar-refractivity contribution in [2.75, 3.05) is 6.61 Å². The maximum atomic E-state index is 11.8. The molecule has 0 radical (unpaired) electrons. The molecule has 1 aromatic heterocycles. The Morgan fingerprint density at radius 3 is 3.05 bits per heavy atom. The summed E-state index contributed by atoms with van der Waals surface area (Å²) >= 11 is 0. The van der Waals surface area contributed by atoms with Gasteiger partial charge >= 0.3 is 0 Å². The van der Waals surface area contributed by atoms with Gasteiger partial charge in [-0.2, -0.15) is 5.10 Å². The molecule has 5 nitrogen and oxygen atoms in total. The molecule has 5 heteroatoms. The van der Waals surface area contributed by atoms with Gasteiger partial charge in [-0.1, -0.05) is 19.1 Å². The van der Waals surface area contributed by atoms with Gasteiger partial charge in [0.1, 0.15) is 5.75 Å². The first kappa shape index (κ1) is 14.7. The van der Waals surface area contributed by atoms with Crippen molar-refractivity contribution in [3.63, 3.8) is 0 Å². The Morgan fingerprint density at radius 2 is 2.29 bits per heavy atom. The van der Waals surface area contributed by atoms with Gasteiger partial charge in [-0.15, -0.1) is 0 Å². The van der Waals surface area contributed by atoms with E-state index in [4.69, 9.17) is 4.74 Å². The minimum atomic E-state index is -0.294. The Bertz CT molecular complexity index is 612. The van der Waals surface area contributed by atoms with Gasteiger partial charge in [0, 0.05) is 12.4 Å². The van der Waals surface area contributed by atoms with Crippen molar-refractivity contribution in [1.82, 2.24) is 10.4 Å². The number of nitrogens with zero attached hydrogens (tertiary/aromatic N) is 2. The number of carbonyl (C=O) groups is 1. The first-order valence-electron chi connectivity index (χ1n) is 6.76. The summed E-state index contributed by atoms with van der Waals surface area (Å²) in [5, 5.41) is 3.93. The summed E-state index contributed by atoms with van der Waals surface area (Å²) in [5.74, 6) is 0.497. The van der Waals surface area contributed by atoms with E-state index in [2.05, 4.69) is 22.4 Å². The third kappa shape index (κ3) is 4.72. The fraction of sp³-hybridized carbons (Fsp3) is 0.188. The zero-order chi connectivity index (χ0) is 14.9. The molecule has 1 N–H and O–H groups in total. The van der Waals surface area contributed by atoms with Gasteiger partial charge in [0.25, 0.3) is 5.91 Å². The Hall–Kier alpha value is -2.69. The summed E-state index contributed by atoms with van der Waals surface area (Å²) in [7, 11) is 0. The van der Waals surface area contributed by atoms with Gasteiger partial charge < -0.3 is 4.74 Å². The Morgan fingerprint density at radius 1 is 1.38 bits per heavy atom. The van der Waals surface area contributed by atoms with Crippen molar-refractivity contribution in [2.45, 2.75) is 13.3 Å². The summed E-state index contributed by atoms with van der Waals surface area (Å²) in [5.41, 5.74) is 3.78. The van der Waals surface area contributed by atoms with Crippen LogP contribution in [0.15, 0.2) is 53.9 Å². The van der Waals surface area contributed by atoms with Crippen molar-refractivity contribution >= 4 is 12.1 Å².